The summed E-state index contributed by atoms with van der Waals surface area (Å²) < 4.78 is 1.83. The lowest BCUT2D eigenvalue weighted by molar-refractivity contribution is 0.471. The van der Waals surface area contributed by atoms with Crippen LogP contribution >= 0.6 is 0 Å². The fraction of sp³-hybridized carbons (Fsp3) is 0.250. The standard InChI is InChI=1S/C12H14N2O/c1-8-7-11(14(3)13-8)10-5-4-6-12(15)9(10)2/h4-7,15H,1-3H3. The van der Waals surface area contributed by atoms with Crippen LogP contribution in [0, 0.1) is 13.8 Å². The number of aryl methyl sites for hydroxylation is 2. The summed E-state index contributed by atoms with van der Waals surface area (Å²) in [7, 11) is 1.91. The average molecular weight is 202 g/mol. The van der Waals surface area contributed by atoms with Gasteiger partial charge in [0.15, 0.2) is 0 Å². The minimum Gasteiger partial charge on any atom is -0.508 e. The molecule has 1 aromatic heterocycles. The Hall–Kier alpha value is -1.77. The van der Waals surface area contributed by atoms with Crippen molar-refractivity contribution in [3.63, 3.8) is 0 Å². The summed E-state index contributed by atoms with van der Waals surface area (Å²) in [5.74, 6) is 0.325. The summed E-state index contributed by atoms with van der Waals surface area (Å²) in [6.45, 7) is 3.87. The van der Waals surface area contributed by atoms with Crippen molar-refractivity contribution in [1.82, 2.24) is 9.78 Å². The van der Waals surface area contributed by atoms with Gasteiger partial charge in [-0.3, -0.25) is 4.68 Å². The molecule has 1 aromatic carbocycles. The molecule has 0 aliphatic heterocycles. The summed E-state index contributed by atoms with van der Waals surface area (Å²) in [4.78, 5) is 0. The van der Waals surface area contributed by atoms with E-state index >= 15 is 0 Å². The van der Waals surface area contributed by atoms with E-state index in [9.17, 15) is 5.11 Å². The Balaban J connectivity index is 2.64. The number of hydrogen-bond donors (Lipinski definition) is 1. The minimum absolute atomic E-state index is 0.325. The van der Waals surface area contributed by atoms with Crippen molar-refractivity contribution < 1.29 is 5.11 Å². The van der Waals surface area contributed by atoms with Gasteiger partial charge >= 0.3 is 0 Å². The minimum atomic E-state index is 0.325. The molecule has 0 unspecified atom stereocenters. The molecule has 0 aliphatic rings. The van der Waals surface area contributed by atoms with Crippen molar-refractivity contribution in [2.75, 3.05) is 0 Å². The number of aromatic hydroxyl groups is 1. The highest BCUT2D eigenvalue weighted by Crippen LogP contribution is 2.28. The van der Waals surface area contributed by atoms with E-state index in [0.29, 0.717) is 5.75 Å². The predicted molar refractivity (Wildman–Crippen MR) is 59.8 cm³/mol. The molecule has 0 amide bonds. The first-order chi connectivity index (χ1) is 7.09. The Labute approximate surface area is 89.0 Å². The van der Waals surface area contributed by atoms with E-state index in [1.165, 1.54) is 0 Å². The molecular weight excluding hydrogens is 188 g/mol. The molecule has 15 heavy (non-hydrogen) atoms. The second-order valence-electron chi connectivity index (χ2n) is 3.74. The number of phenolic OH excluding ortho intramolecular Hbond substituents is 1. The largest absolute Gasteiger partial charge is 0.508 e. The topological polar surface area (TPSA) is 38.0 Å². The van der Waals surface area contributed by atoms with Crippen LogP contribution in [-0.2, 0) is 7.05 Å². The highest BCUT2D eigenvalue weighted by atomic mass is 16.3. The SMILES string of the molecule is Cc1cc(-c2cccc(O)c2C)n(C)n1. The molecule has 0 saturated heterocycles. The van der Waals surface area contributed by atoms with Gasteiger partial charge in [0, 0.05) is 18.2 Å². The predicted octanol–water partition coefficient (Wildman–Crippen LogP) is 2.41. The Bertz CT molecular complexity index is 500. The number of benzene rings is 1. The van der Waals surface area contributed by atoms with E-state index in [2.05, 4.69) is 5.10 Å². The van der Waals surface area contributed by atoms with Gasteiger partial charge in [-0.15, -0.1) is 0 Å². The smallest absolute Gasteiger partial charge is 0.119 e. The summed E-state index contributed by atoms with van der Waals surface area (Å²) in [5.41, 5.74) is 3.93. The summed E-state index contributed by atoms with van der Waals surface area (Å²) in [6.07, 6.45) is 0. The lowest BCUT2D eigenvalue weighted by atomic mass is 10.0. The molecule has 0 spiro atoms. The monoisotopic (exact) mass is 202 g/mol. The maximum absolute atomic E-state index is 9.63. The van der Waals surface area contributed by atoms with Gasteiger partial charge in [-0.2, -0.15) is 5.10 Å². The highest BCUT2D eigenvalue weighted by molar-refractivity contribution is 5.66. The van der Waals surface area contributed by atoms with Crippen LogP contribution in [0.2, 0.25) is 0 Å². The number of phenols is 1. The lowest BCUT2D eigenvalue weighted by Crippen LogP contribution is -1.95. The molecule has 0 saturated carbocycles. The zero-order chi connectivity index (χ0) is 11.0. The molecule has 3 heteroatoms. The van der Waals surface area contributed by atoms with E-state index in [1.54, 1.807) is 6.07 Å². The third-order valence-electron chi connectivity index (χ3n) is 2.58. The molecular formula is C12H14N2O. The van der Waals surface area contributed by atoms with Crippen LogP contribution in [0.3, 0.4) is 0 Å². The van der Waals surface area contributed by atoms with Crippen molar-refractivity contribution in [2.24, 2.45) is 7.05 Å². The molecule has 0 aliphatic carbocycles. The van der Waals surface area contributed by atoms with Crippen LogP contribution in [0.15, 0.2) is 24.3 Å². The molecule has 0 bridgehead atoms. The quantitative estimate of drug-likeness (QED) is 0.771. The molecule has 78 valence electrons. The maximum Gasteiger partial charge on any atom is 0.119 e. The van der Waals surface area contributed by atoms with Gasteiger partial charge in [0.25, 0.3) is 0 Å². The Kier molecular flexibility index (Phi) is 2.23. The first kappa shape index (κ1) is 9.77. The van der Waals surface area contributed by atoms with E-state index < -0.39 is 0 Å². The molecule has 1 N–H and O–H groups in total. The summed E-state index contributed by atoms with van der Waals surface area (Å²) in [6, 6.07) is 7.55. The fourth-order valence-electron chi connectivity index (χ4n) is 1.76. The van der Waals surface area contributed by atoms with E-state index in [0.717, 1.165) is 22.5 Å². The molecule has 0 fully saturated rings. The van der Waals surface area contributed by atoms with E-state index in [-0.39, 0.29) is 0 Å². The second kappa shape index (κ2) is 3.42. The highest BCUT2D eigenvalue weighted by Gasteiger charge is 2.09. The van der Waals surface area contributed by atoms with Crippen molar-refractivity contribution in [3.05, 3.63) is 35.5 Å². The average Bonchev–Trinajstić information content (AvgIpc) is 2.50. The van der Waals surface area contributed by atoms with Crippen LogP contribution in [0.25, 0.3) is 11.3 Å². The third kappa shape index (κ3) is 1.61. The zero-order valence-electron chi connectivity index (χ0n) is 9.15. The van der Waals surface area contributed by atoms with Crippen molar-refractivity contribution in [2.45, 2.75) is 13.8 Å². The van der Waals surface area contributed by atoms with Crippen LogP contribution in [0.5, 0.6) is 5.75 Å². The molecule has 2 aromatic rings. The Morgan fingerprint density at radius 3 is 2.60 bits per heavy atom. The van der Waals surface area contributed by atoms with E-state index in [1.807, 2.05) is 43.8 Å². The van der Waals surface area contributed by atoms with Crippen LogP contribution in [-0.4, -0.2) is 14.9 Å². The molecule has 3 nitrogen and oxygen atoms in total. The zero-order valence-corrected chi connectivity index (χ0v) is 9.15. The van der Waals surface area contributed by atoms with Gasteiger partial charge in [-0.05, 0) is 26.0 Å². The Morgan fingerprint density at radius 1 is 1.27 bits per heavy atom. The number of hydrogen-bond acceptors (Lipinski definition) is 2. The maximum atomic E-state index is 9.63. The second-order valence-corrected chi connectivity index (χ2v) is 3.74. The first-order valence-corrected chi connectivity index (χ1v) is 4.89. The number of aromatic nitrogens is 2. The molecule has 0 atom stereocenters. The molecule has 2 rings (SSSR count). The van der Waals surface area contributed by atoms with Gasteiger partial charge in [0.2, 0.25) is 0 Å². The fourth-order valence-corrected chi connectivity index (χ4v) is 1.76. The van der Waals surface area contributed by atoms with Gasteiger partial charge in [0.05, 0.1) is 11.4 Å². The van der Waals surface area contributed by atoms with Crippen LogP contribution < -0.4 is 0 Å². The van der Waals surface area contributed by atoms with Crippen LogP contribution in [0.1, 0.15) is 11.3 Å². The number of nitrogens with zero attached hydrogens (tertiary/aromatic N) is 2. The molecule has 1 heterocycles. The van der Waals surface area contributed by atoms with E-state index in [4.69, 9.17) is 0 Å². The van der Waals surface area contributed by atoms with Crippen molar-refractivity contribution in [1.29, 1.82) is 0 Å². The van der Waals surface area contributed by atoms with Crippen LogP contribution in [0.4, 0.5) is 0 Å². The van der Waals surface area contributed by atoms with Gasteiger partial charge in [-0.1, -0.05) is 12.1 Å². The third-order valence-corrected chi connectivity index (χ3v) is 2.58. The molecule has 0 radical (unpaired) electrons. The number of rotatable bonds is 1. The summed E-state index contributed by atoms with van der Waals surface area (Å²) in [5, 5.41) is 13.9. The van der Waals surface area contributed by atoms with Gasteiger partial charge in [-0.25, -0.2) is 0 Å². The van der Waals surface area contributed by atoms with Gasteiger partial charge < -0.3 is 5.11 Å². The lowest BCUT2D eigenvalue weighted by Gasteiger charge is -2.07. The summed E-state index contributed by atoms with van der Waals surface area (Å²) >= 11 is 0. The normalized spacial score (nSPS) is 10.6. The first-order valence-electron chi connectivity index (χ1n) is 4.89. The van der Waals surface area contributed by atoms with Gasteiger partial charge in [0.1, 0.15) is 5.75 Å². The van der Waals surface area contributed by atoms with Crippen molar-refractivity contribution >= 4 is 0 Å². The Morgan fingerprint density at radius 2 is 2.00 bits per heavy atom. The van der Waals surface area contributed by atoms with Crippen molar-refractivity contribution in [3.8, 4) is 17.0 Å².